The maximum Gasteiger partial charge on any atom is 0.416 e. The summed E-state index contributed by atoms with van der Waals surface area (Å²) in [6, 6.07) is 5.53. The van der Waals surface area contributed by atoms with Crippen LogP contribution in [-0.2, 0) is 12.7 Å². The van der Waals surface area contributed by atoms with Crippen LogP contribution in [0.5, 0.6) is 0 Å². The Kier molecular flexibility index (Phi) is 6.06. The van der Waals surface area contributed by atoms with E-state index in [1.165, 1.54) is 37.8 Å². The minimum Gasteiger partial charge on any atom is -0.311 e. The van der Waals surface area contributed by atoms with E-state index in [9.17, 15) is 13.2 Å². The highest BCUT2D eigenvalue weighted by Crippen LogP contribution is 2.29. The average molecular weight is 300 g/mol. The quantitative estimate of drug-likeness (QED) is 0.835. The molecule has 0 amide bonds. The van der Waals surface area contributed by atoms with Crippen LogP contribution in [0.1, 0.15) is 36.8 Å². The van der Waals surface area contributed by atoms with Gasteiger partial charge in [-0.1, -0.05) is 31.0 Å². The van der Waals surface area contributed by atoms with Crippen LogP contribution in [0.25, 0.3) is 0 Å². The van der Waals surface area contributed by atoms with Gasteiger partial charge in [-0.05, 0) is 37.6 Å². The van der Waals surface area contributed by atoms with Gasteiger partial charge in [-0.3, -0.25) is 0 Å². The fourth-order valence-electron chi connectivity index (χ4n) is 2.69. The van der Waals surface area contributed by atoms with E-state index >= 15 is 0 Å². The van der Waals surface area contributed by atoms with Gasteiger partial charge in [-0.25, -0.2) is 0 Å². The Morgan fingerprint density at radius 1 is 1.05 bits per heavy atom. The van der Waals surface area contributed by atoms with E-state index in [1.807, 2.05) is 0 Å². The van der Waals surface area contributed by atoms with Crippen molar-refractivity contribution in [3.05, 3.63) is 35.4 Å². The Morgan fingerprint density at radius 2 is 1.76 bits per heavy atom. The molecule has 0 aromatic heterocycles. The average Bonchev–Trinajstić information content (AvgIpc) is 2.72. The molecule has 2 nitrogen and oxygen atoms in total. The van der Waals surface area contributed by atoms with Crippen molar-refractivity contribution in [3.63, 3.8) is 0 Å². The second-order valence-corrected chi connectivity index (χ2v) is 5.63. The molecule has 1 aliphatic heterocycles. The number of alkyl halides is 3. The molecule has 1 aromatic carbocycles. The Labute approximate surface area is 124 Å². The van der Waals surface area contributed by atoms with Crippen molar-refractivity contribution < 1.29 is 13.2 Å². The number of hydrogen-bond acceptors (Lipinski definition) is 2. The van der Waals surface area contributed by atoms with Crippen molar-refractivity contribution in [1.82, 2.24) is 10.2 Å². The molecule has 0 atom stereocenters. The highest BCUT2D eigenvalue weighted by molar-refractivity contribution is 5.25. The van der Waals surface area contributed by atoms with Gasteiger partial charge in [0.05, 0.1) is 5.56 Å². The number of halogens is 3. The number of rotatable bonds is 5. The third kappa shape index (κ3) is 5.67. The molecule has 1 aromatic rings. The molecule has 118 valence electrons. The van der Waals surface area contributed by atoms with Crippen molar-refractivity contribution in [1.29, 1.82) is 0 Å². The Bertz CT molecular complexity index is 424. The molecule has 1 fully saturated rings. The molecule has 0 aliphatic carbocycles. The highest BCUT2D eigenvalue weighted by atomic mass is 19.4. The second kappa shape index (κ2) is 7.80. The van der Waals surface area contributed by atoms with Gasteiger partial charge in [0.2, 0.25) is 0 Å². The largest absolute Gasteiger partial charge is 0.416 e. The van der Waals surface area contributed by atoms with Gasteiger partial charge < -0.3 is 10.2 Å². The third-order valence-corrected chi connectivity index (χ3v) is 3.89. The zero-order chi connectivity index (χ0) is 15.1. The fraction of sp³-hybridized carbons (Fsp3) is 0.625. The molecular formula is C16H23F3N2. The summed E-state index contributed by atoms with van der Waals surface area (Å²) in [4.78, 5) is 2.44. The van der Waals surface area contributed by atoms with Crippen LogP contribution in [-0.4, -0.2) is 31.1 Å². The van der Waals surface area contributed by atoms with Gasteiger partial charge >= 0.3 is 6.18 Å². The van der Waals surface area contributed by atoms with Gasteiger partial charge in [0.25, 0.3) is 0 Å². The van der Waals surface area contributed by atoms with E-state index in [1.54, 1.807) is 6.07 Å². The molecule has 0 saturated carbocycles. The summed E-state index contributed by atoms with van der Waals surface area (Å²) >= 11 is 0. The van der Waals surface area contributed by atoms with E-state index in [-0.39, 0.29) is 0 Å². The first kappa shape index (κ1) is 16.3. The lowest BCUT2D eigenvalue weighted by molar-refractivity contribution is -0.137. The van der Waals surface area contributed by atoms with Crippen LogP contribution in [0.4, 0.5) is 13.2 Å². The van der Waals surface area contributed by atoms with Gasteiger partial charge in [0, 0.05) is 19.6 Å². The van der Waals surface area contributed by atoms with E-state index in [0.29, 0.717) is 12.1 Å². The molecule has 2 rings (SSSR count). The van der Waals surface area contributed by atoms with E-state index in [2.05, 4.69) is 10.2 Å². The maximum atomic E-state index is 12.6. The van der Waals surface area contributed by atoms with Crippen LogP contribution < -0.4 is 5.32 Å². The number of nitrogens with zero attached hydrogens (tertiary/aromatic N) is 1. The monoisotopic (exact) mass is 300 g/mol. The molecule has 21 heavy (non-hydrogen) atoms. The Hall–Kier alpha value is -1.07. The Morgan fingerprint density at radius 3 is 2.43 bits per heavy atom. The van der Waals surface area contributed by atoms with Gasteiger partial charge in [0.1, 0.15) is 0 Å². The first-order valence-electron chi connectivity index (χ1n) is 7.65. The number of hydrogen-bond donors (Lipinski definition) is 1. The number of benzene rings is 1. The molecule has 5 heteroatoms. The first-order valence-corrected chi connectivity index (χ1v) is 7.65. The van der Waals surface area contributed by atoms with Crippen molar-refractivity contribution >= 4 is 0 Å². The topological polar surface area (TPSA) is 15.3 Å². The van der Waals surface area contributed by atoms with Crippen LogP contribution in [0, 0.1) is 0 Å². The molecule has 0 spiro atoms. The van der Waals surface area contributed by atoms with Crippen molar-refractivity contribution in [2.45, 2.75) is 38.4 Å². The highest BCUT2D eigenvalue weighted by Gasteiger charge is 2.30. The first-order chi connectivity index (χ1) is 10.1. The summed E-state index contributed by atoms with van der Waals surface area (Å²) in [6.45, 7) is 4.56. The van der Waals surface area contributed by atoms with Crippen LogP contribution >= 0.6 is 0 Å². The summed E-state index contributed by atoms with van der Waals surface area (Å²) in [6.07, 6.45) is 0.881. The number of likely N-dealkylation sites (tertiary alicyclic amines) is 1. The number of nitrogens with one attached hydrogen (secondary N) is 1. The standard InChI is InChI=1S/C16H23F3N2/c17-16(18,19)15-7-5-6-14(12-15)13-20-8-11-21-9-3-1-2-4-10-21/h5-7,12,20H,1-4,8-11,13H2. The molecule has 1 heterocycles. The molecule has 0 unspecified atom stereocenters. The van der Waals surface area contributed by atoms with E-state index in [4.69, 9.17) is 0 Å². The second-order valence-electron chi connectivity index (χ2n) is 5.63. The molecule has 0 radical (unpaired) electrons. The minimum absolute atomic E-state index is 0.484. The lowest BCUT2D eigenvalue weighted by atomic mass is 10.1. The third-order valence-electron chi connectivity index (χ3n) is 3.89. The normalized spacial score (nSPS) is 17.7. The predicted molar refractivity (Wildman–Crippen MR) is 78.1 cm³/mol. The van der Waals surface area contributed by atoms with Crippen LogP contribution in [0.15, 0.2) is 24.3 Å². The summed E-state index contributed by atoms with van der Waals surface area (Å²) in [5.41, 5.74) is 0.106. The smallest absolute Gasteiger partial charge is 0.311 e. The molecule has 1 saturated heterocycles. The lowest BCUT2D eigenvalue weighted by Crippen LogP contribution is -2.32. The molecular weight excluding hydrogens is 277 g/mol. The van der Waals surface area contributed by atoms with Gasteiger partial charge in [-0.2, -0.15) is 13.2 Å². The van der Waals surface area contributed by atoms with E-state index < -0.39 is 11.7 Å². The SMILES string of the molecule is FC(F)(F)c1cccc(CNCCN2CCCCCC2)c1. The zero-order valence-electron chi connectivity index (χ0n) is 12.3. The zero-order valence-corrected chi connectivity index (χ0v) is 12.3. The minimum atomic E-state index is -4.26. The van der Waals surface area contributed by atoms with Gasteiger partial charge in [0.15, 0.2) is 0 Å². The molecule has 0 bridgehead atoms. The summed E-state index contributed by atoms with van der Waals surface area (Å²) in [5, 5.41) is 3.24. The van der Waals surface area contributed by atoms with Gasteiger partial charge in [-0.15, -0.1) is 0 Å². The van der Waals surface area contributed by atoms with Crippen molar-refractivity contribution in [2.24, 2.45) is 0 Å². The lowest BCUT2D eigenvalue weighted by Gasteiger charge is -2.19. The molecule has 1 aliphatic rings. The summed E-state index contributed by atoms with van der Waals surface area (Å²) in [7, 11) is 0. The predicted octanol–water partition coefficient (Wildman–Crippen LogP) is 3.67. The fourth-order valence-corrected chi connectivity index (χ4v) is 2.69. The van der Waals surface area contributed by atoms with Crippen molar-refractivity contribution in [2.75, 3.05) is 26.2 Å². The van der Waals surface area contributed by atoms with E-state index in [0.717, 1.165) is 32.2 Å². The van der Waals surface area contributed by atoms with Crippen molar-refractivity contribution in [3.8, 4) is 0 Å². The van der Waals surface area contributed by atoms with Crippen LogP contribution in [0.2, 0.25) is 0 Å². The summed E-state index contributed by atoms with van der Waals surface area (Å²) in [5.74, 6) is 0. The summed E-state index contributed by atoms with van der Waals surface area (Å²) < 4.78 is 37.8. The maximum absolute atomic E-state index is 12.6. The molecule has 1 N–H and O–H groups in total. The van der Waals surface area contributed by atoms with Crippen LogP contribution in [0.3, 0.4) is 0 Å². The Balaban J connectivity index is 1.73.